The zero-order chi connectivity index (χ0) is 15.0. The zero-order valence-electron chi connectivity index (χ0n) is 13.1. The van der Waals surface area contributed by atoms with Crippen LogP contribution in [0.3, 0.4) is 0 Å². The number of carbonyl (C=O) groups excluding carboxylic acids is 1. The van der Waals surface area contributed by atoms with Crippen LogP contribution in [0.15, 0.2) is 22.8 Å². The molecule has 1 aromatic rings. The molecule has 1 N–H and O–H groups in total. The molecule has 5 nitrogen and oxygen atoms in total. The summed E-state index contributed by atoms with van der Waals surface area (Å²) >= 11 is 0. The van der Waals surface area contributed by atoms with E-state index in [0.29, 0.717) is 18.0 Å². The molecule has 21 heavy (non-hydrogen) atoms. The molecule has 0 aromatic carbocycles. The third kappa shape index (κ3) is 2.72. The van der Waals surface area contributed by atoms with Gasteiger partial charge in [-0.1, -0.05) is 0 Å². The van der Waals surface area contributed by atoms with Crippen molar-refractivity contribution in [1.82, 2.24) is 15.1 Å². The summed E-state index contributed by atoms with van der Waals surface area (Å²) in [5.74, 6) is 1.77. The molecule has 0 bridgehead atoms. The van der Waals surface area contributed by atoms with Crippen LogP contribution in [0.2, 0.25) is 0 Å². The second kappa shape index (κ2) is 5.81. The number of furan rings is 1. The van der Waals surface area contributed by atoms with Crippen LogP contribution in [0.5, 0.6) is 0 Å². The number of likely N-dealkylation sites (tertiary alicyclic amines) is 2. The maximum Gasteiger partial charge on any atom is 0.237 e. The number of rotatable bonds is 4. The summed E-state index contributed by atoms with van der Waals surface area (Å²) in [6.07, 6.45) is 2.70. The smallest absolute Gasteiger partial charge is 0.237 e. The van der Waals surface area contributed by atoms with Gasteiger partial charge in [0.25, 0.3) is 0 Å². The van der Waals surface area contributed by atoms with E-state index in [0.717, 1.165) is 31.8 Å². The van der Waals surface area contributed by atoms with Gasteiger partial charge in [-0.25, -0.2) is 0 Å². The number of hydrogen-bond donors (Lipinski definition) is 1. The van der Waals surface area contributed by atoms with Crippen molar-refractivity contribution in [2.24, 2.45) is 5.92 Å². The van der Waals surface area contributed by atoms with Crippen molar-refractivity contribution in [3.63, 3.8) is 0 Å². The number of carbonyl (C=O) groups is 1. The second-order valence-electron chi connectivity index (χ2n) is 6.51. The van der Waals surface area contributed by atoms with Crippen molar-refractivity contribution in [2.75, 3.05) is 20.1 Å². The first-order valence-electron chi connectivity index (χ1n) is 7.84. The molecule has 0 saturated carbocycles. The molecule has 0 radical (unpaired) electrons. The number of fused-ring (bicyclic) bond motifs is 1. The minimum Gasteiger partial charge on any atom is -0.468 e. The van der Waals surface area contributed by atoms with Crippen molar-refractivity contribution in [3.05, 3.63) is 24.2 Å². The van der Waals surface area contributed by atoms with E-state index in [9.17, 15) is 4.79 Å². The number of likely N-dealkylation sites (N-methyl/N-ethyl adjacent to an activating group) is 1. The average Bonchev–Trinajstić information content (AvgIpc) is 3.12. The Morgan fingerprint density at radius 1 is 1.48 bits per heavy atom. The summed E-state index contributed by atoms with van der Waals surface area (Å²) in [5.41, 5.74) is 0. The van der Waals surface area contributed by atoms with Gasteiger partial charge in [0.2, 0.25) is 5.91 Å². The average molecular weight is 291 g/mol. The van der Waals surface area contributed by atoms with Gasteiger partial charge in [-0.3, -0.25) is 14.6 Å². The minimum atomic E-state index is 0.0377. The first kappa shape index (κ1) is 14.6. The molecule has 2 aliphatic heterocycles. The summed E-state index contributed by atoms with van der Waals surface area (Å²) in [4.78, 5) is 17.0. The Morgan fingerprint density at radius 3 is 2.90 bits per heavy atom. The van der Waals surface area contributed by atoms with Crippen LogP contribution < -0.4 is 5.32 Å². The van der Waals surface area contributed by atoms with Crippen molar-refractivity contribution in [2.45, 2.75) is 44.9 Å². The van der Waals surface area contributed by atoms with Gasteiger partial charge in [-0.2, -0.15) is 0 Å². The Balaban J connectivity index is 1.69. The van der Waals surface area contributed by atoms with Gasteiger partial charge in [-0.05, 0) is 38.3 Å². The second-order valence-corrected chi connectivity index (χ2v) is 6.51. The fourth-order valence-electron chi connectivity index (χ4n) is 4.05. The predicted octanol–water partition coefficient (Wildman–Crippen LogP) is 1.31. The molecule has 2 saturated heterocycles. The van der Waals surface area contributed by atoms with E-state index < -0.39 is 0 Å². The van der Waals surface area contributed by atoms with Crippen LogP contribution in [0.25, 0.3) is 0 Å². The topological polar surface area (TPSA) is 48.7 Å². The van der Waals surface area contributed by atoms with Gasteiger partial charge in [0.15, 0.2) is 0 Å². The summed E-state index contributed by atoms with van der Waals surface area (Å²) in [6, 6.07) is 4.89. The van der Waals surface area contributed by atoms with Crippen molar-refractivity contribution >= 4 is 5.91 Å². The van der Waals surface area contributed by atoms with E-state index >= 15 is 0 Å². The molecule has 0 aliphatic carbocycles. The first-order valence-corrected chi connectivity index (χ1v) is 7.84. The van der Waals surface area contributed by atoms with Gasteiger partial charge >= 0.3 is 0 Å². The van der Waals surface area contributed by atoms with E-state index in [2.05, 4.69) is 29.0 Å². The molecule has 5 heteroatoms. The van der Waals surface area contributed by atoms with Crippen LogP contribution in [-0.2, 0) is 11.3 Å². The van der Waals surface area contributed by atoms with Crippen LogP contribution in [0.4, 0.5) is 0 Å². The van der Waals surface area contributed by atoms with Crippen LogP contribution in [-0.4, -0.2) is 54.0 Å². The molecule has 3 rings (SSSR count). The highest BCUT2D eigenvalue weighted by Crippen LogP contribution is 2.37. The van der Waals surface area contributed by atoms with Gasteiger partial charge in [-0.15, -0.1) is 0 Å². The zero-order valence-corrected chi connectivity index (χ0v) is 13.1. The molecule has 1 amide bonds. The number of nitrogens with one attached hydrogen (secondary N) is 1. The SMILES string of the molecule is CNC(=O)[C@@H]1C[C@H]2CN(Cc3ccco3)C[C@H]2N1C(C)C. The molecular formula is C16H25N3O2. The van der Waals surface area contributed by atoms with E-state index in [-0.39, 0.29) is 11.9 Å². The lowest BCUT2D eigenvalue weighted by Crippen LogP contribution is -2.50. The fraction of sp³-hybridized carbons (Fsp3) is 0.688. The van der Waals surface area contributed by atoms with E-state index in [1.807, 2.05) is 12.1 Å². The monoisotopic (exact) mass is 291 g/mol. The van der Waals surface area contributed by atoms with Crippen LogP contribution in [0.1, 0.15) is 26.0 Å². The van der Waals surface area contributed by atoms with Gasteiger partial charge < -0.3 is 9.73 Å². The normalized spacial score (nSPS) is 30.0. The number of hydrogen-bond acceptors (Lipinski definition) is 4. The maximum atomic E-state index is 12.1. The molecule has 3 heterocycles. The fourth-order valence-corrected chi connectivity index (χ4v) is 4.05. The highest BCUT2D eigenvalue weighted by atomic mass is 16.3. The Labute approximate surface area is 126 Å². The Hall–Kier alpha value is -1.33. The lowest BCUT2D eigenvalue weighted by Gasteiger charge is -2.33. The predicted molar refractivity (Wildman–Crippen MR) is 80.7 cm³/mol. The Morgan fingerprint density at radius 2 is 2.29 bits per heavy atom. The highest BCUT2D eigenvalue weighted by Gasteiger charge is 2.49. The van der Waals surface area contributed by atoms with E-state index in [4.69, 9.17) is 4.42 Å². The van der Waals surface area contributed by atoms with E-state index in [1.165, 1.54) is 0 Å². The Kier molecular flexibility index (Phi) is 4.04. The molecule has 0 unspecified atom stereocenters. The highest BCUT2D eigenvalue weighted by molar-refractivity contribution is 5.82. The third-order valence-corrected chi connectivity index (χ3v) is 4.86. The molecular weight excluding hydrogens is 266 g/mol. The molecule has 1 aromatic heterocycles. The number of nitrogens with zero attached hydrogens (tertiary/aromatic N) is 2. The van der Waals surface area contributed by atoms with Gasteiger partial charge in [0, 0.05) is 32.2 Å². The van der Waals surface area contributed by atoms with E-state index in [1.54, 1.807) is 13.3 Å². The van der Waals surface area contributed by atoms with Crippen LogP contribution in [0, 0.1) is 5.92 Å². The van der Waals surface area contributed by atoms with Crippen LogP contribution >= 0.6 is 0 Å². The van der Waals surface area contributed by atoms with Crippen molar-refractivity contribution in [1.29, 1.82) is 0 Å². The molecule has 116 valence electrons. The number of amides is 1. The molecule has 3 atom stereocenters. The lowest BCUT2D eigenvalue weighted by molar-refractivity contribution is -0.126. The summed E-state index contributed by atoms with van der Waals surface area (Å²) in [6.45, 7) is 7.33. The molecule has 0 spiro atoms. The largest absolute Gasteiger partial charge is 0.468 e. The quantitative estimate of drug-likeness (QED) is 0.908. The Bertz CT molecular complexity index is 486. The third-order valence-electron chi connectivity index (χ3n) is 4.86. The van der Waals surface area contributed by atoms with Crippen molar-refractivity contribution in [3.8, 4) is 0 Å². The minimum absolute atomic E-state index is 0.0377. The summed E-state index contributed by atoms with van der Waals surface area (Å²) < 4.78 is 5.45. The lowest BCUT2D eigenvalue weighted by atomic mass is 10.0. The summed E-state index contributed by atoms with van der Waals surface area (Å²) in [5, 5.41) is 2.82. The molecule has 2 fully saturated rings. The maximum absolute atomic E-state index is 12.1. The van der Waals surface area contributed by atoms with Crippen molar-refractivity contribution < 1.29 is 9.21 Å². The standard InChI is InChI=1S/C16H25N3O2/c1-11(2)19-14(16(20)17-3)7-12-8-18(10-15(12)19)9-13-5-4-6-21-13/h4-6,11-12,14-15H,7-10H2,1-3H3,(H,17,20)/t12-,14-,15+/m0/s1. The van der Waals surface area contributed by atoms with Gasteiger partial charge in [0.1, 0.15) is 5.76 Å². The molecule has 2 aliphatic rings. The van der Waals surface area contributed by atoms with Gasteiger partial charge in [0.05, 0.1) is 18.8 Å². The first-order chi connectivity index (χ1) is 10.1. The summed E-state index contributed by atoms with van der Waals surface area (Å²) in [7, 11) is 1.73.